The molecule has 0 radical (unpaired) electrons. The van der Waals surface area contributed by atoms with Gasteiger partial charge in [-0.3, -0.25) is 9.59 Å². The second-order valence-corrected chi connectivity index (χ2v) is 4.10. The van der Waals surface area contributed by atoms with Crippen molar-refractivity contribution in [2.24, 2.45) is 0 Å². The Balaban J connectivity index is 2.17. The molecule has 0 bridgehead atoms. The molecule has 0 aromatic carbocycles. The van der Waals surface area contributed by atoms with Crippen LogP contribution in [0.2, 0.25) is 0 Å². The van der Waals surface area contributed by atoms with Gasteiger partial charge in [-0.1, -0.05) is 0 Å². The van der Waals surface area contributed by atoms with Crippen LogP contribution in [0.15, 0.2) is 23.7 Å². The van der Waals surface area contributed by atoms with E-state index in [9.17, 15) is 9.59 Å². The largest absolute Gasteiger partial charge is 0.333 e. The summed E-state index contributed by atoms with van der Waals surface area (Å²) in [6, 6.07) is 0. The fraction of sp³-hybridized carbons (Fsp3) is 0. The number of imidazole rings is 1. The molecule has 5 nitrogen and oxygen atoms in total. The van der Waals surface area contributed by atoms with Crippen molar-refractivity contribution in [1.29, 1.82) is 0 Å². The first kappa shape index (κ1) is 9.17. The number of carbonyl (C=O) groups is 2. The molecular formula is C10H5N3O2S. The minimum atomic E-state index is -0.256. The van der Waals surface area contributed by atoms with Gasteiger partial charge < -0.3 is 4.98 Å². The predicted octanol–water partition coefficient (Wildman–Crippen LogP) is 1.47. The lowest BCUT2D eigenvalue weighted by Gasteiger charge is -1.98. The number of carbonyl (C=O) groups excluding carboxylic acids is 2. The zero-order valence-electron chi connectivity index (χ0n) is 7.93. The molecule has 1 aliphatic carbocycles. The summed E-state index contributed by atoms with van der Waals surface area (Å²) >= 11 is 1.39. The van der Waals surface area contributed by atoms with E-state index in [0.717, 1.165) is 0 Å². The monoisotopic (exact) mass is 231 g/mol. The molecule has 6 heteroatoms. The Hall–Kier alpha value is -2.08. The van der Waals surface area contributed by atoms with Crippen LogP contribution in [0.25, 0.3) is 10.8 Å². The first-order valence-corrected chi connectivity index (χ1v) is 5.40. The molecule has 78 valence electrons. The molecule has 2 heterocycles. The van der Waals surface area contributed by atoms with Crippen molar-refractivity contribution in [3.8, 4) is 10.8 Å². The topological polar surface area (TPSA) is 75.7 Å². The Kier molecular flexibility index (Phi) is 1.84. The Morgan fingerprint density at radius 1 is 1.19 bits per heavy atom. The van der Waals surface area contributed by atoms with E-state index in [2.05, 4.69) is 15.0 Å². The number of aromatic amines is 1. The van der Waals surface area contributed by atoms with E-state index in [1.54, 1.807) is 11.6 Å². The van der Waals surface area contributed by atoms with Crippen LogP contribution in [0, 0.1) is 0 Å². The van der Waals surface area contributed by atoms with Crippen LogP contribution in [-0.4, -0.2) is 26.5 Å². The number of H-pyrrole nitrogens is 1. The summed E-state index contributed by atoms with van der Waals surface area (Å²) in [6.45, 7) is 0. The van der Waals surface area contributed by atoms with Crippen LogP contribution in [0.3, 0.4) is 0 Å². The predicted molar refractivity (Wildman–Crippen MR) is 57.5 cm³/mol. The zero-order chi connectivity index (χ0) is 11.1. The number of nitrogens with zero attached hydrogens (tertiary/aromatic N) is 2. The highest BCUT2D eigenvalue weighted by Crippen LogP contribution is 2.22. The number of aromatic nitrogens is 3. The van der Waals surface area contributed by atoms with E-state index in [4.69, 9.17) is 0 Å². The molecule has 0 aliphatic heterocycles. The molecule has 0 amide bonds. The highest BCUT2D eigenvalue weighted by atomic mass is 32.1. The summed E-state index contributed by atoms with van der Waals surface area (Å²) in [7, 11) is 0. The van der Waals surface area contributed by atoms with Crippen LogP contribution in [0.1, 0.15) is 21.0 Å². The zero-order valence-corrected chi connectivity index (χ0v) is 8.75. The van der Waals surface area contributed by atoms with Crippen molar-refractivity contribution in [3.63, 3.8) is 0 Å². The summed E-state index contributed by atoms with van der Waals surface area (Å²) in [4.78, 5) is 34.0. The smallest absolute Gasteiger partial charge is 0.206 e. The van der Waals surface area contributed by atoms with Crippen molar-refractivity contribution in [2.75, 3.05) is 0 Å². The van der Waals surface area contributed by atoms with Crippen molar-refractivity contribution in [3.05, 3.63) is 35.1 Å². The van der Waals surface area contributed by atoms with Gasteiger partial charge in [-0.2, -0.15) is 0 Å². The van der Waals surface area contributed by atoms with Crippen LogP contribution < -0.4 is 0 Å². The van der Waals surface area contributed by atoms with Crippen LogP contribution in [-0.2, 0) is 0 Å². The fourth-order valence-corrected chi connectivity index (χ4v) is 2.07. The number of hydrogen-bond donors (Lipinski definition) is 1. The summed E-state index contributed by atoms with van der Waals surface area (Å²) in [5.74, 6) is -0.0241. The maximum atomic E-state index is 11.5. The van der Waals surface area contributed by atoms with E-state index in [1.165, 1.54) is 23.5 Å². The van der Waals surface area contributed by atoms with E-state index in [1.807, 2.05) is 0 Å². The summed E-state index contributed by atoms with van der Waals surface area (Å²) < 4.78 is 0. The molecule has 16 heavy (non-hydrogen) atoms. The van der Waals surface area contributed by atoms with Crippen molar-refractivity contribution >= 4 is 22.9 Å². The first-order chi connectivity index (χ1) is 7.75. The number of rotatable bonds is 1. The van der Waals surface area contributed by atoms with Crippen molar-refractivity contribution < 1.29 is 9.59 Å². The minimum absolute atomic E-state index is 0.178. The second-order valence-electron chi connectivity index (χ2n) is 3.21. The molecule has 1 aliphatic rings. The van der Waals surface area contributed by atoms with Crippen LogP contribution in [0.4, 0.5) is 0 Å². The van der Waals surface area contributed by atoms with Gasteiger partial charge >= 0.3 is 0 Å². The second kappa shape index (κ2) is 3.21. The number of allylic oxidation sites excluding steroid dienone is 2. The lowest BCUT2D eigenvalue weighted by Crippen LogP contribution is -2.10. The maximum Gasteiger partial charge on any atom is 0.206 e. The number of ketones is 2. The standard InChI is InChI=1S/C10H5N3O2S/c14-5-1-2-6(15)8-7(5)12-9(13-8)10-11-3-4-16-10/h1-4H,(H,12,13). The minimum Gasteiger partial charge on any atom is -0.333 e. The van der Waals surface area contributed by atoms with E-state index < -0.39 is 0 Å². The van der Waals surface area contributed by atoms with Crippen molar-refractivity contribution in [2.45, 2.75) is 0 Å². The number of nitrogens with one attached hydrogen (secondary N) is 1. The molecule has 0 atom stereocenters. The molecule has 0 fully saturated rings. The summed E-state index contributed by atoms with van der Waals surface area (Å²) in [5.41, 5.74) is 0.426. The van der Waals surface area contributed by atoms with Crippen molar-refractivity contribution in [1.82, 2.24) is 15.0 Å². The molecule has 0 saturated heterocycles. The molecule has 3 rings (SSSR count). The quantitative estimate of drug-likeness (QED) is 0.806. The Morgan fingerprint density at radius 3 is 2.69 bits per heavy atom. The van der Waals surface area contributed by atoms with E-state index >= 15 is 0 Å². The van der Waals surface area contributed by atoms with Gasteiger partial charge in [-0.05, 0) is 12.2 Å². The lowest BCUT2D eigenvalue weighted by atomic mass is 10.1. The van der Waals surface area contributed by atoms with Gasteiger partial charge in [0.05, 0.1) is 0 Å². The van der Waals surface area contributed by atoms with Gasteiger partial charge in [0, 0.05) is 11.6 Å². The average Bonchev–Trinajstić information content (AvgIpc) is 2.90. The number of hydrogen-bond acceptors (Lipinski definition) is 5. The number of thiazole rings is 1. The number of fused-ring (bicyclic) bond motifs is 1. The Labute approximate surface area is 93.9 Å². The summed E-state index contributed by atoms with van der Waals surface area (Å²) in [6.07, 6.45) is 4.12. The Morgan fingerprint density at radius 2 is 2.00 bits per heavy atom. The first-order valence-electron chi connectivity index (χ1n) is 4.52. The third-order valence-corrected chi connectivity index (χ3v) is 2.98. The molecular weight excluding hydrogens is 226 g/mol. The molecule has 0 spiro atoms. The maximum absolute atomic E-state index is 11.5. The molecule has 1 N–H and O–H groups in total. The van der Waals surface area contributed by atoms with Gasteiger partial charge in [0.2, 0.25) is 11.6 Å². The third kappa shape index (κ3) is 1.24. The average molecular weight is 231 g/mol. The van der Waals surface area contributed by atoms with Gasteiger partial charge in [-0.25, -0.2) is 9.97 Å². The third-order valence-electron chi connectivity index (χ3n) is 2.20. The van der Waals surface area contributed by atoms with Crippen LogP contribution >= 0.6 is 11.3 Å². The van der Waals surface area contributed by atoms with E-state index in [0.29, 0.717) is 10.8 Å². The Bertz CT molecular complexity index is 575. The van der Waals surface area contributed by atoms with Gasteiger partial charge in [0.15, 0.2) is 10.8 Å². The highest BCUT2D eigenvalue weighted by Gasteiger charge is 2.24. The molecule has 2 aromatic rings. The lowest BCUT2D eigenvalue weighted by molar-refractivity contribution is 0.0989. The highest BCUT2D eigenvalue weighted by molar-refractivity contribution is 7.13. The van der Waals surface area contributed by atoms with Gasteiger partial charge in [0.25, 0.3) is 0 Å². The fourth-order valence-electron chi connectivity index (χ4n) is 1.49. The van der Waals surface area contributed by atoms with Crippen LogP contribution in [0.5, 0.6) is 0 Å². The molecule has 2 aromatic heterocycles. The van der Waals surface area contributed by atoms with Gasteiger partial charge in [-0.15, -0.1) is 11.3 Å². The van der Waals surface area contributed by atoms with E-state index in [-0.39, 0.29) is 23.0 Å². The summed E-state index contributed by atoms with van der Waals surface area (Å²) in [5, 5.41) is 2.47. The molecule has 0 unspecified atom stereocenters. The SMILES string of the molecule is O=C1C=CC(=O)c2[nH]c(-c3nccs3)nc21. The molecule has 0 saturated carbocycles. The normalized spacial score (nSPS) is 14.2. The van der Waals surface area contributed by atoms with Gasteiger partial charge in [0.1, 0.15) is 11.4 Å².